The summed E-state index contributed by atoms with van der Waals surface area (Å²) in [7, 11) is 0. The Morgan fingerprint density at radius 1 is 0.850 bits per heavy atom. The van der Waals surface area contributed by atoms with Crippen molar-refractivity contribution in [1.29, 1.82) is 0 Å². The van der Waals surface area contributed by atoms with E-state index in [2.05, 4.69) is 13.0 Å². The molecular weight excluding hydrogens is 256 g/mol. The molecule has 0 aromatic heterocycles. The molecule has 0 amide bonds. The first-order valence-electron chi connectivity index (χ1n) is 7.24. The Kier molecular flexibility index (Phi) is 18.1. The molecule has 0 unspecified atom stereocenters. The molecule has 0 atom stereocenters. The second-order valence-corrected chi connectivity index (χ2v) is 4.40. The highest BCUT2D eigenvalue weighted by molar-refractivity contribution is 5.66. The average Bonchev–Trinajstić information content (AvgIpc) is 2.38. The third kappa shape index (κ3) is 25.3. The number of carboxylic acids is 2. The molecule has 0 radical (unpaired) electrons. The zero-order valence-electron chi connectivity index (χ0n) is 12.7. The lowest BCUT2D eigenvalue weighted by Crippen LogP contribution is -1.92. The largest absolute Gasteiger partial charge is 0.481 e. The van der Waals surface area contributed by atoms with Crippen LogP contribution < -0.4 is 0 Å². The van der Waals surface area contributed by atoms with Gasteiger partial charge in [0.2, 0.25) is 0 Å². The number of rotatable bonds is 10. The lowest BCUT2D eigenvalue weighted by Gasteiger charge is -1.91. The van der Waals surface area contributed by atoms with E-state index in [0.717, 1.165) is 32.1 Å². The summed E-state index contributed by atoms with van der Waals surface area (Å²) in [4.78, 5) is 20.0. The summed E-state index contributed by atoms with van der Waals surface area (Å²) < 4.78 is 0. The van der Waals surface area contributed by atoms with E-state index in [0.29, 0.717) is 12.8 Å². The molecular formula is C16H28O4. The van der Waals surface area contributed by atoms with Crippen LogP contribution in [0.15, 0.2) is 24.3 Å². The van der Waals surface area contributed by atoms with Crippen LogP contribution in [0.4, 0.5) is 0 Å². The number of aliphatic carboxylic acids is 2. The molecule has 0 heterocycles. The molecule has 0 aliphatic rings. The molecule has 0 fully saturated rings. The van der Waals surface area contributed by atoms with Crippen molar-refractivity contribution in [2.24, 2.45) is 0 Å². The normalized spacial score (nSPS) is 10.5. The highest BCUT2D eigenvalue weighted by Crippen LogP contribution is 1.99. The minimum atomic E-state index is -0.721. The molecule has 20 heavy (non-hydrogen) atoms. The van der Waals surface area contributed by atoms with Gasteiger partial charge in [0, 0.05) is 12.8 Å². The first-order chi connectivity index (χ1) is 9.54. The average molecular weight is 284 g/mol. The number of hydrogen-bond acceptors (Lipinski definition) is 2. The van der Waals surface area contributed by atoms with Gasteiger partial charge in [-0.3, -0.25) is 9.59 Å². The lowest BCUT2D eigenvalue weighted by atomic mass is 10.2. The summed E-state index contributed by atoms with van der Waals surface area (Å²) in [5.41, 5.74) is 0. The third-order valence-corrected chi connectivity index (χ3v) is 2.39. The first kappa shape index (κ1) is 20.7. The van der Waals surface area contributed by atoms with Crippen LogP contribution in [0.1, 0.15) is 65.2 Å². The van der Waals surface area contributed by atoms with Crippen molar-refractivity contribution >= 4 is 11.9 Å². The molecule has 2 N–H and O–H groups in total. The summed E-state index contributed by atoms with van der Waals surface area (Å²) in [5, 5.41) is 16.5. The van der Waals surface area contributed by atoms with Crippen LogP contribution in [0.25, 0.3) is 0 Å². The number of carbonyl (C=O) groups is 2. The van der Waals surface area contributed by atoms with E-state index in [-0.39, 0.29) is 6.42 Å². The fourth-order valence-corrected chi connectivity index (χ4v) is 1.31. The van der Waals surface area contributed by atoms with Gasteiger partial charge in [0.05, 0.1) is 0 Å². The predicted octanol–water partition coefficient (Wildman–Crippen LogP) is 4.42. The van der Waals surface area contributed by atoms with Crippen molar-refractivity contribution < 1.29 is 19.8 Å². The Balaban J connectivity index is 0. The van der Waals surface area contributed by atoms with Crippen molar-refractivity contribution in [3.05, 3.63) is 24.3 Å². The van der Waals surface area contributed by atoms with Gasteiger partial charge >= 0.3 is 11.9 Å². The second-order valence-electron chi connectivity index (χ2n) is 4.40. The van der Waals surface area contributed by atoms with E-state index in [9.17, 15) is 9.59 Å². The maximum Gasteiger partial charge on any atom is 0.303 e. The van der Waals surface area contributed by atoms with Gasteiger partial charge in [0.1, 0.15) is 0 Å². The summed E-state index contributed by atoms with van der Waals surface area (Å²) in [6.07, 6.45) is 14.2. The molecule has 0 aliphatic heterocycles. The van der Waals surface area contributed by atoms with Crippen LogP contribution in [0.2, 0.25) is 0 Å². The van der Waals surface area contributed by atoms with Gasteiger partial charge in [-0.2, -0.15) is 0 Å². The Hall–Kier alpha value is -1.58. The molecule has 116 valence electrons. The van der Waals surface area contributed by atoms with E-state index in [1.165, 1.54) is 0 Å². The molecule has 0 spiro atoms. The van der Waals surface area contributed by atoms with E-state index in [1.807, 2.05) is 25.2 Å². The number of allylic oxidation sites excluding steroid dienone is 4. The number of carboxylic acid groups (broad SMARTS) is 2. The highest BCUT2D eigenvalue weighted by Gasteiger charge is 1.93. The lowest BCUT2D eigenvalue weighted by molar-refractivity contribution is -0.138. The third-order valence-electron chi connectivity index (χ3n) is 2.39. The molecule has 0 rings (SSSR count). The topological polar surface area (TPSA) is 74.6 Å². The van der Waals surface area contributed by atoms with Gasteiger partial charge in [0.25, 0.3) is 0 Å². The van der Waals surface area contributed by atoms with Crippen LogP contribution in [0, 0.1) is 0 Å². The fraction of sp³-hybridized carbons (Fsp3) is 0.625. The Morgan fingerprint density at radius 3 is 1.95 bits per heavy atom. The highest BCUT2D eigenvalue weighted by atomic mass is 16.4. The molecule has 4 heteroatoms. The SMILES string of the molecule is C/C=C/CCCCC(=O)O.CCC/C=C\CCC(=O)O. The van der Waals surface area contributed by atoms with E-state index >= 15 is 0 Å². The monoisotopic (exact) mass is 284 g/mol. The summed E-state index contributed by atoms with van der Waals surface area (Å²) in [6, 6.07) is 0. The molecule has 0 aliphatic carbocycles. The molecule has 0 saturated carbocycles. The fourth-order valence-electron chi connectivity index (χ4n) is 1.31. The van der Waals surface area contributed by atoms with Crippen LogP contribution in [-0.2, 0) is 9.59 Å². The number of unbranched alkanes of at least 4 members (excludes halogenated alkanes) is 3. The summed E-state index contributed by atoms with van der Waals surface area (Å²) in [6.45, 7) is 4.07. The summed E-state index contributed by atoms with van der Waals surface area (Å²) >= 11 is 0. The van der Waals surface area contributed by atoms with Gasteiger partial charge in [-0.05, 0) is 39.0 Å². The minimum absolute atomic E-state index is 0.250. The van der Waals surface area contributed by atoms with Gasteiger partial charge in [-0.15, -0.1) is 0 Å². The van der Waals surface area contributed by atoms with Crippen molar-refractivity contribution in [2.75, 3.05) is 0 Å². The Labute approximate surface area is 122 Å². The number of hydrogen-bond donors (Lipinski definition) is 2. The smallest absolute Gasteiger partial charge is 0.303 e. The molecule has 0 bridgehead atoms. The minimum Gasteiger partial charge on any atom is -0.481 e. The zero-order valence-corrected chi connectivity index (χ0v) is 12.7. The maximum absolute atomic E-state index is 10.0. The van der Waals surface area contributed by atoms with Crippen molar-refractivity contribution in [1.82, 2.24) is 0 Å². The predicted molar refractivity (Wildman–Crippen MR) is 81.8 cm³/mol. The quantitative estimate of drug-likeness (QED) is 0.460. The molecule has 0 saturated heterocycles. The van der Waals surface area contributed by atoms with Gasteiger partial charge in [-0.25, -0.2) is 0 Å². The van der Waals surface area contributed by atoms with Gasteiger partial charge in [0.15, 0.2) is 0 Å². The van der Waals surface area contributed by atoms with Crippen molar-refractivity contribution in [3.8, 4) is 0 Å². The van der Waals surface area contributed by atoms with Crippen LogP contribution in [0.5, 0.6) is 0 Å². The van der Waals surface area contributed by atoms with E-state index in [4.69, 9.17) is 10.2 Å². The van der Waals surface area contributed by atoms with E-state index in [1.54, 1.807) is 0 Å². The van der Waals surface area contributed by atoms with Crippen molar-refractivity contribution in [3.63, 3.8) is 0 Å². The second kappa shape index (κ2) is 17.4. The van der Waals surface area contributed by atoms with Crippen molar-refractivity contribution in [2.45, 2.75) is 65.2 Å². The molecule has 4 nitrogen and oxygen atoms in total. The Morgan fingerprint density at radius 2 is 1.45 bits per heavy atom. The molecule has 0 aromatic carbocycles. The molecule has 0 aromatic rings. The zero-order chi connectivity index (χ0) is 15.6. The van der Waals surface area contributed by atoms with Gasteiger partial charge in [-0.1, -0.05) is 37.6 Å². The van der Waals surface area contributed by atoms with Crippen LogP contribution in [-0.4, -0.2) is 22.2 Å². The summed E-state index contributed by atoms with van der Waals surface area (Å²) in [5.74, 6) is -1.42. The van der Waals surface area contributed by atoms with Crippen LogP contribution >= 0.6 is 0 Å². The van der Waals surface area contributed by atoms with Crippen LogP contribution in [0.3, 0.4) is 0 Å². The van der Waals surface area contributed by atoms with Gasteiger partial charge < -0.3 is 10.2 Å². The standard InChI is InChI=1S/2C8H14O2/c2*1-2-3-4-5-6-7-8(9)10/h4-5H,2-3,6-7H2,1H3,(H,9,10);2-3H,4-7H2,1H3,(H,9,10)/b5-4-;3-2+. The Bertz CT molecular complexity index is 293. The maximum atomic E-state index is 10.0. The first-order valence-corrected chi connectivity index (χ1v) is 7.24. The van der Waals surface area contributed by atoms with E-state index < -0.39 is 11.9 Å².